The first-order valence-electron chi connectivity index (χ1n) is 15.7. The van der Waals surface area contributed by atoms with E-state index in [1.54, 1.807) is 11.2 Å². The van der Waals surface area contributed by atoms with Gasteiger partial charge in [0.2, 0.25) is 5.91 Å². The lowest BCUT2D eigenvalue weighted by molar-refractivity contribution is -0.200. The number of aliphatic hydroxyl groups excluding tert-OH is 3. The van der Waals surface area contributed by atoms with E-state index in [1.165, 1.54) is 11.8 Å². The third-order valence-corrected chi connectivity index (χ3v) is 9.78. The summed E-state index contributed by atoms with van der Waals surface area (Å²) >= 11 is 1.28. The van der Waals surface area contributed by atoms with Crippen molar-refractivity contribution in [3.63, 3.8) is 0 Å². The summed E-state index contributed by atoms with van der Waals surface area (Å²) in [4.78, 5) is 14.5. The molecule has 2 saturated heterocycles. The van der Waals surface area contributed by atoms with Gasteiger partial charge in [-0.1, -0.05) is 30.3 Å². The standard InChI is InChI=1S/C35H41F3N2O6S/c1-19-3-6-21(34-32(43)31(42)33(44)35(46-34)47-2)14-22(19)13-20-4-7-25(8-5-20)45-26-9-11-40(12-10-26)30(41)17-24(39)15-23-16-28(37)29(38)18-27(23)36/h3-8,14,16,18,24,26,31-35,42-44H,9-13,15,17,39H2,1-2H3/t24-,31-,32-,33+,34+,35-/m1/s1. The molecule has 6 atom stereocenters. The smallest absolute Gasteiger partial charge is 0.224 e. The molecule has 2 heterocycles. The second kappa shape index (κ2) is 15.4. The molecule has 3 aromatic rings. The van der Waals surface area contributed by atoms with E-state index in [9.17, 15) is 33.3 Å². The predicted octanol–water partition coefficient (Wildman–Crippen LogP) is 4.18. The zero-order valence-electron chi connectivity index (χ0n) is 26.3. The summed E-state index contributed by atoms with van der Waals surface area (Å²) in [6.45, 7) is 2.97. The van der Waals surface area contributed by atoms with Crippen LogP contribution in [0.15, 0.2) is 54.6 Å². The van der Waals surface area contributed by atoms with E-state index >= 15 is 0 Å². The fourth-order valence-corrected chi connectivity index (χ4v) is 6.80. The molecule has 0 bridgehead atoms. The first-order valence-corrected chi connectivity index (χ1v) is 17.0. The van der Waals surface area contributed by atoms with E-state index < -0.39 is 53.3 Å². The summed E-state index contributed by atoms with van der Waals surface area (Å²) in [6.07, 6.45) is -1.04. The second-order valence-corrected chi connectivity index (χ2v) is 13.3. The van der Waals surface area contributed by atoms with Crippen LogP contribution in [0.4, 0.5) is 13.2 Å². The molecule has 3 aromatic carbocycles. The number of aryl methyl sites for hydroxylation is 1. The monoisotopic (exact) mass is 674 g/mol. The minimum absolute atomic E-state index is 0.0362. The number of halogens is 3. The Morgan fingerprint density at radius 3 is 2.32 bits per heavy atom. The third-order valence-electron chi connectivity index (χ3n) is 8.93. The average molecular weight is 675 g/mol. The molecule has 0 aromatic heterocycles. The number of likely N-dealkylation sites (tertiary alicyclic amines) is 1. The highest BCUT2D eigenvalue weighted by Crippen LogP contribution is 2.36. The van der Waals surface area contributed by atoms with Crippen molar-refractivity contribution < 1.29 is 42.8 Å². The number of nitrogens with two attached hydrogens (primary N) is 1. The topological polar surface area (TPSA) is 125 Å². The molecule has 0 aliphatic carbocycles. The van der Waals surface area contributed by atoms with Crippen LogP contribution in [0.1, 0.15) is 53.2 Å². The summed E-state index contributed by atoms with van der Waals surface area (Å²) in [5.74, 6) is -2.77. The molecule has 254 valence electrons. The molecule has 8 nitrogen and oxygen atoms in total. The van der Waals surface area contributed by atoms with Gasteiger partial charge in [-0.25, -0.2) is 13.2 Å². The largest absolute Gasteiger partial charge is 0.490 e. The summed E-state index contributed by atoms with van der Waals surface area (Å²) in [5, 5.41) is 31.2. The number of benzene rings is 3. The van der Waals surface area contributed by atoms with Gasteiger partial charge in [-0.05, 0) is 72.0 Å². The van der Waals surface area contributed by atoms with Gasteiger partial charge in [-0.2, -0.15) is 0 Å². The van der Waals surface area contributed by atoms with Crippen molar-refractivity contribution in [2.45, 2.75) is 81.0 Å². The number of carbonyl (C=O) groups excluding carboxylic acids is 1. The number of ether oxygens (including phenoxy) is 2. The number of carbonyl (C=O) groups is 1. The van der Waals surface area contributed by atoms with Crippen LogP contribution >= 0.6 is 11.8 Å². The molecule has 12 heteroatoms. The highest BCUT2D eigenvalue weighted by Gasteiger charge is 2.44. The Morgan fingerprint density at radius 2 is 1.64 bits per heavy atom. The number of rotatable bonds is 10. The molecule has 0 spiro atoms. The summed E-state index contributed by atoms with van der Waals surface area (Å²) in [7, 11) is 0. The first kappa shape index (κ1) is 35.2. The minimum atomic E-state index is -1.31. The molecule has 2 fully saturated rings. The van der Waals surface area contributed by atoms with Crippen LogP contribution in [0.3, 0.4) is 0 Å². The van der Waals surface area contributed by atoms with Crippen LogP contribution in [-0.2, 0) is 22.4 Å². The molecule has 2 aliphatic heterocycles. The van der Waals surface area contributed by atoms with Gasteiger partial charge < -0.3 is 35.4 Å². The molecule has 47 heavy (non-hydrogen) atoms. The van der Waals surface area contributed by atoms with Gasteiger partial charge in [0.15, 0.2) is 11.6 Å². The maximum absolute atomic E-state index is 14.0. The molecular weight excluding hydrogens is 633 g/mol. The number of hydrogen-bond acceptors (Lipinski definition) is 8. The van der Waals surface area contributed by atoms with E-state index in [0.29, 0.717) is 44.2 Å². The normalized spacial score (nSPS) is 24.3. The van der Waals surface area contributed by atoms with Gasteiger partial charge in [-0.3, -0.25) is 4.79 Å². The van der Waals surface area contributed by atoms with E-state index in [0.717, 1.165) is 28.3 Å². The number of hydrogen-bond donors (Lipinski definition) is 4. The number of amides is 1. The predicted molar refractivity (Wildman–Crippen MR) is 172 cm³/mol. The van der Waals surface area contributed by atoms with E-state index in [1.807, 2.05) is 49.4 Å². The Labute approximate surface area is 276 Å². The van der Waals surface area contributed by atoms with Crippen molar-refractivity contribution in [1.82, 2.24) is 4.90 Å². The Hall–Kier alpha value is -3.13. The lowest BCUT2D eigenvalue weighted by Gasteiger charge is -2.40. The average Bonchev–Trinajstić information content (AvgIpc) is 3.05. The van der Waals surface area contributed by atoms with Crippen LogP contribution in [0, 0.1) is 24.4 Å². The third kappa shape index (κ3) is 8.48. The molecule has 0 unspecified atom stereocenters. The van der Waals surface area contributed by atoms with Gasteiger partial charge in [0.1, 0.15) is 47.5 Å². The van der Waals surface area contributed by atoms with Crippen molar-refractivity contribution in [3.05, 3.63) is 99.9 Å². The van der Waals surface area contributed by atoms with E-state index in [4.69, 9.17) is 15.2 Å². The zero-order valence-corrected chi connectivity index (χ0v) is 27.1. The Bertz CT molecular complexity index is 1540. The quantitative estimate of drug-likeness (QED) is 0.236. The van der Waals surface area contributed by atoms with E-state index in [-0.39, 0.29) is 30.4 Å². The van der Waals surface area contributed by atoms with Crippen LogP contribution in [0.5, 0.6) is 5.75 Å². The molecule has 0 saturated carbocycles. The first-order chi connectivity index (χ1) is 22.4. The lowest BCUT2D eigenvalue weighted by atomic mass is 9.91. The SMILES string of the molecule is CS[C@H]1O[C@@H](c2ccc(C)c(Cc3ccc(OC4CCN(C(=O)C[C@H](N)Cc5cc(F)c(F)cc5F)CC4)cc3)c2)[C@H](O)[C@@H](O)[C@@H]1O. The van der Waals surface area contributed by atoms with Gasteiger partial charge in [0, 0.05) is 44.5 Å². The highest BCUT2D eigenvalue weighted by molar-refractivity contribution is 7.99. The zero-order chi connectivity index (χ0) is 33.8. The van der Waals surface area contributed by atoms with Gasteiger partial charge in [0.25, 0.3) is 0 Å². The fraction of sp³-hybridized carbons (Fsp3) is 0.457. The van der Waals surface area contributed by atoms with Gasteiger partial charge in [0.05, 0.1) is 0 Å². The molecule has 5 N–H and O–H groups in total. The second-order valence-electron chi connectivity index (χ2n) is 12.4. The molecule has 1 amide bonds. The van der Waals surface area contributed by atoms with Crippen molar-refractivity contribution in [2.75, 3.05) is 19.3 Å². The van der Waals surface area contributed by atoms with Crippen molar-refractivity contribution in [3.8, 4) is 5.75 Å². The van der Waals surface area contributed by atoms with Crippen LogP contribution < -0.4 is 10.5 Å². The number of piperidine rings is 1. The summed E-state index contributed by atoms with van der Waals surface area (Å²) in [6, 6.07) is 14.1. The van der Waals surface area contributed by atoms with Gasteiger partial charge >= 0.3 is 0 Å². The summed E-state index contributed by atoms with van der Waals surface area (Å²) < 4.78 is 52.8. The van der Waals surface area contributed by atoms with Crippen LogP contribution in [0.2, 0.25) is 0 Å². The van der Waals surface area contributed by atoms with Gasteiger partial charge in [-0.15, -0.1) is 11.8 Å². The fourth-order valence-electron chi connectivity index (χ4n) is 6.13. The highest BCUT2D eigenvalue weighted by atomic mass is 32.2. The van der Waals surface area contributed by atoms with Crippen LogP contribution in [-0.4, -0.2) is 81.4 Å². The molecule has 0 radical (unpaired) electrons. The van der Waals surface area contributed by atoms with Crippen molar-refractivity contribution >= 4 is 17.7 Å². The summed E-state index contributed by atoms with van der Waals surface area (Å²) in [5.41, 5.74) is 9.23. The molecule has 5 rings (SSSR count). The Morgan fingerprint density at radius 1 is 0.957 bits per heavy atom. The Balaban J connectivity index is 1.11. The van der Waals surface area contributed by atoms with Crippen molar-refractivity contribution in [2.24, 2.45) is 5.73 Å². The maximum Gasteiger partial charge on any atom is 0.224 e. The Kier molecular flexibility index (Phi) is 11.5. The molecular formula is C35H41F3N2O6S. The van der Waals surface area contributed by atoms with Crippen LogP contribution in [0.25, 0.3) is 0 Å². The lowest BCUT2D eigenvalue weighted by Crippen LogP contribution is -2.52. The van der Waals surface area contributed by atoms with Crippen molar-refractivity contribution in [1.29, 1.82) is 0 Å². The number of aliphatic hydroxyl groups is 3. The number of thioether (sulfide) groups is 1. The van der Waals surface area contributed by atoms with E-state index in [2.05, 4.69) is 0 Å². The molecule has 2 aliphatic rings. The number of nitrogens with zero attached hydrogens (tertiary/aromatic N) is 1. The minimum Gasteiger partial charge on any atom is -0.490 e. The maximum atomic E-state index is 14.0.